The third kappa shape index (κ3) is 4.92. The number of aliphatic hydroxyl groups is 1. The topological polar surface area (TPSA) is 67.8 Å². The first kappa shape index (κ1) is 15.4. The van der Waals surface area contributed by atoms with Gasteiger partial charge in [0.25, 0.3) is 0 Å². The van der Waals surface area contributed by atoms with Gasteiger partial charge >= 0.3 is 5.97 Å². The van der Waals surface area contributed by atoms with Gasteiger partial charge in [0.1, 0.15) is 0 Å². The van der Waals surface area contributed by atoms with Gasteiger partial charge in [-0.1, -0.05) is 0 Å². The summed E-state index contributed by atoms with van der Waals surface area (Å²) in [6.07, 6.45) is 4.47. The van der Waals surface area contributed by atoms with E-state index in [0.717, 1.165) is 32.1 Å². The number of ether oxygens (including phenoxy) is 2. The lowest BCUT2D eigenvalue weighted by Gasteiger charge is -2.30. The van der Waals surface area contributed by atoms with E-state index in [2.05, 4.69) is 5.32 Å². The number of carbonyl (C=O) groups is 1. The van der Waals surface area contributed by atoms with Gasteiger partial charge in [-0.25, -0.2) is 0 Å². The third-order valence-electron chi connectivity index (χ3n) is 3.62. The van der Waals surface area contributed by atoms with E-state index in [9.17, 15) is 9.90 Å². The molecule has 5 heteroatoms. The summed E-state index contributed by atoms with van der Waals surface area (Å²) >= 11 is 0. The second-order valence-corrected chi connectivity index (χ2v) is 4.90. The van der Waals surface area contributed by atoms with Crippen LogP contribution in [0, 0.1) is 5.92 Å². The minimum absolute atomic E-state index is 0.0552. The van der Waals surface area contributed by atoms with E-state index < -0.39 is 0 Å². The zero-order valence-electron chi connectivity index (χ0n) is 11.4. The van der Waals surface area contributed by atoms with Crippen LogP contribution in [-0.2, 0) is 14.3 Å². The summed E-state index contributed by atoms with van der Waals surface area (Å²) in [7, 11) is 3.11. The van der Waals surface area contributed by atoms with Gasteiger partial charge in [-0.3, -0.25) is 4.79 Å². The number of esters is 1. The fraction of sp³-hybridized carbons (Fsp3) is 0.923. The second kappa shape index (κ2) is 8.45. The highest BCUT2D eigenvalue weighted by molar-refractivity contribution is 5.72. The molecule has 0 aromatic rings. The van der Waals surface area contributed by atoms with E-state index in [0.29, 0.717) is 12.6 Å². The number of rotatable bonds is 7. The van der Waals surface area contributed by atoms with E-state index in [1.54, 1.807) is 7.11 Å². The Morgan fingerprint density at radius 3 is 2.50 bits per heavy atom. The number of nitrogens with one attached hydrogen (secondary N) is 1. The highest BCUT2D eigenvalue weighted by atomic mass is 16.5. The quantitative estimate of drug-likeness (QED) is 0.659. The number of hydrogen-bond acceptors (Lipinski definition) is 5. The van der Waals surface area contributed by atoms with Crippen LogP contribution in [-0.4, -0.2) is 50.6 Å². The average Bonchev–Trinajstić information content (AvgIpc) is 2.43. The molecular weight excluding hydrogens is 234 g/mol. The Labute approximate surface area is 109 Å². The Bertz CT molecular complexity index is 239. The molecule has 5 nitrogen and oxygen atoms in total. The van der Waals surface area contributed by atoms with Crippen molar-refractivity contribution in [2.24, 2.45) is 5.92 Å². The molecule has 106 valence electrons. The largest absolute Gasteiger partial charge is 0.469 e. The first-order chi connectivity index (χ1) is 8.71. The van der Waals surface area contributed by atoms with Crippen molar-refractivity contribution in [2.75, 3.05) is 27.4 Å². The summed E-state index contributed by atoms with van der Waals surface area (Å²) in [5, 5.41) is 12.7. The van der Waals surface area contributed by atoms with Crippen LogP contribution in [0.5, 0.6) is 0 Å². The molecule has 1 unspecified atom stereocenters. The maximum atomic E-state index is 11.4. The summed E-state index contributed by atoms with van der Waals surface area (Å²) < 4.78 is 9.78. The minimum Gasteiger partial charge on any atom is -0.469 e. The van der Waals surface area contributed by atoms with Crippen molar-refractivity contribution in [1.29, 1.82) is 0 Å². The van der Waals surface area contributed by atoms with Crippen LogP contribution in [0.4, 0.5) is 0 Å². The summed E-state index contributed by atoms with van der Waals surface area (Å²) in [6, 6.07) is 0.476. The Morgan fingerprint density at radius 1 is 1.33 bits per heavy atom. The average molecular weight is 259 g/mol. The Morgan fingerprint density at radius 2 is 2.00 bits per heavy atom. The molecule has 0 bridgehead atoms. The van der Waals surface area contributed by atoms with Crippen LogP contribution in [0.1, 0.15) is 32.1 Å². The van der Waals surface area contributed by atoms with E-state index in [-0.39, 0.29) is 24.5 Å². The highest BCUT2D eigenvalue weighted by Crippen LogP contribution is 2.25. The number of hydrogen-bond donors (Lipinski definition) is 2. The van der Waals surface area contributed by atoms with Crippen LogP contribution < -0.4 is 5.32 Å². The van der Waals surface area contributed by atoms with E-state index in [4.69, 9.17) is 9.47 Å². The van der Waals surface area contributed by atoms with Crippen molar-refractivity contribution in [2.45, 2.75) is 44.2 Å². The molecule has 0 amide bonds. The molecule has 0 heterocycles. The molecule has 0 spiro atoms. The Hall–Kier alpha value is -0.650. The van der Waals surface area contributed by atoms with Crippen molar-refractivity contribution in [3.05, 3.63) is 0 Å². The van der Waals surface area contributed by atoms with Crippen molar-refractivity contribution in [3.8, 4) is 0 Å². The lowest BCUT2D eigenvalue weighted by atomic mass is 9.85. The van der Waals surface area contributed by atoms with Gasteiger partial charge in [-0.15, -0.1) is 0 Å². The monoisotopic (exact) mass is 259 g/mol. The number of carbonyl (C=O) groups excluding carboxylic acids is 1. The molecule has 0 aromatic heterocycles. The van der Waals surface area contributed by atoms with Gasteiger partial charge in [-0.2, -0.15) is 0 Å². The first-order valence-corrected chi connectivity index (χ1v) is 6.65. The lowest BCUT2D eigenvalue weighted by Crippen LogP contribution is -2.43. The minimum atomic E-state index is -0.0912. The van der Waals surface area contributed by atoms with Crippen LogP contribution in [0.2, 0.25) is 0 Å². The van der Waals surface area contributed by atoms with E-state index in [1.165, 1.54) is 7.11 Å². The maximum Gasteiger partial charge on any atom is 0.308 e. The van der Waals surface area contributed by atoms with Gasteiger partial charge in [0.05, 0.1) is 19.6 Å². The first-order valence-electron chi connectivity index (χ1n) is 6.65. The SMILES string of the molecule is COCCC(CO)NC1CCC(C(=O)OC)CC1. The molecule has 1 saturated carbocycles. The lowest BCUT2D eigenvalue weighted by molar-refractivity contribution is -0.146. The van der Waals surface area contributed by atoms with Crippen LogP contribution in [0.15, 0.2) is 0 Å². The summed E-state index contributed by atoms with van der Waals surface area (Å²) in [6.45, 7) is 0.774. The summed E-state index contributed by atoms with van der Waals surface area (Å²) in [4.78, 5) is 11.4. The molecule has 1 aliphatic carbocycles. The molecule has 0 aromatic carbocycles. The molecule has 2 N–H and O–H groups in total. The fourth-order valence-corrected chi connectivity index (χ4v) is 2.48. The third-order valence-corrected chi connectivity index (χ3v) is 3.62. The Kier molecular flexibility index (Phi) is 7.23. The predicted molar refractivity (Wildman–Crippen MR) is 68.3 cm³/mol. The smallest absolute Gasteiger partial charge is 0.308 e. The molecule has 0 aliphatic heterocycles. The van der Waals surface area contributed by atoms with Gasteiger partial charge in [0.15, 0.2) is 0 Å². The van der Waals surface area contributed by atoms with E-state index >= 15 is 0 Å². The molecule has 1 fully saturated rings. The standard InChI is InChI=1S/C13H25NO4/c1-17-8-7-12(9-15)14-11-5-3-10(4-6-11)13(16)18-2/h10-12,14-15H,3-9H2,1-2H3. The van der Waals surface area contributed by atoms with Gasteiger partial charge in [0.2, 0.25) is 0 Å². The molecule has 1 aliphatic rings. The molecule has 0 saturated heterocycles. The molecule has 18 heavy (non-hydrogen) atoms. The highest BCUT2D eigenvalue weighted by Gasteiger charge is 2.27. The van der Waals surface area contributed by atoms with Crippen LogP contribution >= 0.6 is 0 Å². The van der Waals surface area contributed by atoms with Gasteiger partial charge in [0, 0.05) is 25.8 Å². The van der Waals surface area contributed by atoms with Crippen molar-refractivity contribution >= 4 is 5.97 Å². The predicted octanol–water partition coefficient (Wildman–Crippen LogP) is 0.705. The van der Waals surface area contributed by atoms with Gasteiger partial charge in [-0.05, 0) is 32.1 Å². The van der Waals surface area contributed by atoms with E-state index in [1.807, 2.05) is 0 Å². The normalized spacial score (nSPS) is 25.7. The van der Waals surface area contributed by atoms with Gasteiger partial charge < -0.3 is 19.9 Å². The van der Waals surface area contributed by atoms with Crippen molar-refractivity contribution < 1.29 is 19.4 Å². The summed E-state index contributed by atoms with van der Waals surface area (Å²) in [5.74, 6) is -0.0360. The zero-order valence-corrected chi connectivity index (χ0v) is 11.4. The van der Waals surface area contributed by atoms with Crippen molar-refractivity contribution in [3.63, 3.8) is 0 Å². The number of methoxy groups -OCH3 is 2. The summed E-state index contributed by atoms with van der Waals surface area (Å²) in [5.41, 5.74) is 0. The second-order valence-electron chi connectivity index (χ2n) is 4.90. The van der Waals surface area contributed by atoms with Crippen molar-refractivity contribution in [1.82, 2.24) is 5.32 Å². The fourth-order valence-electron chi connectivity index (χ4n) is 2.48. The molecule has 1 atom stereocenters. The maximum absolute atomic E-state index is 11.4. The van der Waals surface area contributed by atoms with Crippen LogP contribution in [0.25, 0.3) is 0 Å². The molecular formula is C13H25NO4. The zero-order chi connectivity index (χ0) is 13.4. The van der Waals surface area contributed by atoms with Crippen LogP contribution in [0.3, 0.4) is 0 Å². The molecule has 1 rings (SSSR count). The molecule has 0 radical (unpaired) electrons. The Balaban J connectivity index is 2.27. The number of aliphatic hydroxyl groups excluding tert-OH is 1.